The first kappa shape index (κ1) is 16.0. The van der Waals surface area contributed by atoms with Crippen LogP contribution in [0.2, 0.25) is 5.02 Å². The Labute approximate surface area is 120 Å². The molecule has 1 N–H and O–H groups in total. The highest BCUT2D eigenvalue weighted by Gasteiger charge is 2.09. The highest BCUT2D eigenvalue weighted by atomic mass is 35.5. The van der Waals surface area contributed by atoms with Crippen LogP contribution in [0.4, 0.5) is 5.69 Å². The van der Waals surface area contributed by atoms with Gasteiger partial charge >= 0.3 is 0 Å². The fraction of sp³-hybridized carbons (Fsp3) is 0.714. The fourth-order valence-electron chi connectivity index (χ4n) is 1.84. The molecule has 4 nitrogen and oxygen atoms in total. The van der Waals surface area contributed by atoms with E-state index in [1.807, 2.05) is 13.8 Å². The minimum Gasteiger partial charge on any atom is -0.382 e. The zero-order valence-corrected chi connectivity index (χ0v) is 12.8. The maximum Gasteiger partial charge on any atom is 0.287 e. The van der Waals surface area contributed by atoms with Gasteiger partial charge in [-0.15, -0.1) is 0 Å². The smallest absolute Gasteiger partial charge is 0.287 e. The second-order valence-electron chi connectivity index (χ2n) is 5.24. The van der Waals surface area contributed by atoms with Gasteiger partial charge in [0.25, 0.3) is 5.56 Å². The van der Waals surface area contributed by atoms with Crippen LogP contribution in [-0.2, 0) is 6.54 Å². The first-order valence-electron chi connectivity index (χ1n) is 7.05. The lowest BCUT2D eigenvalue weighted by Crippen LogP contribution is -2.26. The topological polar surface area (TPSA) is 46.9 Å². The fourth-order valence-corrected chi connectivity index (χ4v) is 2.05. The minimum atomic E-state index is -0.214. The molecule has 0 saturated heterocycles. The molecule has 0 aliphatic rings. The van der Waals surface area contributed by atoms with Crippen molar-refractivity contribution in [3.63, 3.8) is 0 Å². The Morgan fingerprint density at radius 3 is 2.74 bits per heavy atom. The van der Waals surface area contributed by atoms with Crippen molar-refractivity contribution < 1.29 is 0 Å². The Kier molecular flexibility index (Phi) is 6.92. The Morgan fingerprint density at radius 2 is 2.11 bits per heavy atom. The number of rotatable bonds is 8. The van der Waals surface area contributed by atoms with Crippen molar-refractivity contribution in [1.82, 2.24) is 9.78 Å². The van der Waals surface area contributed by atoms with Crippen molar-refractivity contribution in [2.24, 2.45) is 5.92 Å². The molecule has 19 heavy (non-hydrogen) atoms. The summed E-state index contributed by atoms with van der Waals surface area (Å²) in [7, 11) is 0. The van der Waals surface area contributed by atoms with Crippen LogP contribution in [0.5, 0.6) is 0 Å². The lowest BCUT2D eigenvalue weighted by Gasteiger charge is -2.11. The SMILES string of the molecule is CCCCCCNc1cnn(CC(C)C)c(=O)c1Cl. The summed E-state index contributed by atoms with van der Waals surface area (Å²) in [5, 5.41) is 7.58. The third-order valence-electron chi connectivity index (χ3n) is 2.87. The van der Waals surface area contributed by atoms with Crippen LogP contribution in [0.25, 0.3) is 0 Å². The van der Waals surface area contributed by atoms with Gasteiger partial charge in [-0.2, -0.15) is 5.10 Å². The molecule has 1 rings (SSSR count). The Bertz CT molecular complexity index is 443. The van der Waals surface area contributed by atoms with E-state index in [-0.39, 0.29) is 10.6 Å². The van der Waals surface area contributed by atoms with Crippen molar-refractivity contribution in [2.75, 3.05) is 11.9 Å². The van der Waals surface area contributed by atoms with Gasteiger partial charge in [0.1, 0.15) is 5.02 Å². The van der Waals surface area contributed by atoms with Crippen molar-refractivity contribution in [2.45, 2.75) is 53.0 Å². The Balaban J connectivity index is 2.61. The molecule has 0 amide bonds. The van der Waals surface area contributed by atoms with Crippen molar-refractivity contribution in [3.8, 4) is 0 Å². The van der Waals surface area contributed by atoms with Gasteiger partial charge in [0, 0.05) is 13.1 Å². The number of nitrogens with zero attached hydrogens (tertiary/aromatic N) is 2. The van der Waals surface area contributed by atoms with E-state index in [9.17, 15) is 4.79 Å². The van der Waals surface area contributed by atoms with Gasteiger partial charge in [0.05, 0.1) is 11.9 Å². The van der Waals surface area contributed by atoms with Crippen LogP contribution in [0, 0.1) is 5.92 Å². The van der Waals surface area contributed by atoms with Gasteiger partial charge in [-0.05, 0) is 12.3 Å². The number of hydrogen-bond acceptors (Lipinski definition) is 3. The Hall–Kier alpha value is -1.03. The van der Waals surface area contributed by atoms with Crippen molar-refractivity contribution in [3.05, 3.63) is 21.6 Å². The maximum atomic E-state index is 12.0. The monoisotopic (exact) mass is 285 g/mol. The summed E-state index contributed by atoms with van der Waals surface area (Å²) in [6, 6.07) is 0. The van der Waals surface area contributed by atoms with Gasteiger partial charge in [0.15, 0.2) is 0 Å². The summed E-state index contributed by atoms with van der Waals surface area (Å²) in [6.07, 6.45) is 6.38. The highest BCUT2D eigenvalue weighted by Crippen LogP contribution is 2.15. The third kappa shape index (κ3) is 5.23. The van der Waals surface area contributed by atoms with E-state index < -0.39 is 0 Å². The normalized spacial score (nSPS) is 11.0. The van der Waals surface area contributed by atoms with Crippen LogP contribution < -0.4 is 10.9 Å². The molecule has 0 fully saturated rings. The highest BCUT2D eigenvalue weighted by molar-refractivity contribution is 6.32. The van der Waals surface area contributed by atoms with E-state index in [2.05, 4.69) is 17.3 Å². The van der Waals surface area contributed by atoms with Gasteiger partial charge < -0.3 is 5.32 Å². The molecule has 0 spiro atoms. The van der Waals surface area contributed by atoms with E-state index >= 15 is 0 Å². The molecule has 108 valence electrons. The number of anilines is 1. The summed E-state index contributed by atoms with van der Waals surface area (Å²) >= 11 is 6.09. The molecule has 1 aromatic heterocycles. The molecule has 0 aliphatic heterocycles. The molecular weight excluding hydrogens is 262 g/mol. The van der Waals surface area contributed by atoms with Crippen LogP contribution in [-0.4, -0.2) is 16.3 Å². The number of halogens is 1. The van der Waals surface area contributed by atoms with Crippen LogP contribution in [0.15, 0.2) is 11.0 Å². The van der Waals surface area contributed by atoms with Crippen LogP contribution in [0.1, 0.15) is 46.5 Å². The molecule has 0 atom stereocenters. The van der Waals surface area contributed by atoms with Gasteiger partial charge in [0.2, 0.25) is 0 Å². The van der Waals surface area contributed by atoms with Crippen LogP contribution in [0.3, 0.4) is 0 Å². The molecule has 0 aromatic carbocycles. The number of nitrogens with one attached hydrogen (secondary N) is 1. The molecular formula is C14H24ClN3O. The van der Waals surface area contributed by atoms with E-state index in [1.54, 1.807) is 6.20 Å². The van der Waals surface area contributed by atoms with Crippen molar-refractivity contribution in [1.29, 1.82) is 0 Å². The molecule has 0 radical (unpaired) electrons. The summed E-state index contributed by atoms with van der Waals surface area (Å²) < 4.78 is 1.43. The first-order chi connectivity index (χ1) is 9.06. The average molecular weight is 286 g/mol. The van der Waals surface area contributed by atoms with Crippen LogP contribution >= 0.6 is 11.6 Å². The average Bonchev–Trinajstić information content (AvgIpc) is 2.37. The number of hydrogen-bond donors (Lipinski definition) is 1. The molecule has 0 saturated carbocycles. The summed E-state index contributed by atoms with van der Waals surface area (Å²) in [5.74, 6) is 0.370. The zero-order chi connectivity index (χ0) is 14.3. The number of aromatic nitrogens is 2. The standard InChI is InChI=1S/C14H24ClN3O/c1-4-5-6-7-8-16-12-9-17-18(10-11(2)3)14(19)13(12)15/h9,11,16H,4-8,10H2,1-3H3. The largest absolute Gasteiger partial charge is 0.382 e. The maximum absolute atomic E-state index is 12.0. The Morgan fingerprint density at radius 1 is 1.37 bits per heavy atom. The summed E-state index contributed by atoms with van der Waals surface area (Å²) in [4.78, 5) is 12.0. The summed E-state index contributed by atoms with van der Waals surface area (Å²) in [5.41, 5.74) is 0.428. The van der Waals surface area contributed by atoms with E-state index in [0.717, 1.165) is 13.0 Å². The lowest BCUT2D eigenvalue weighted by atomic mass is 10.2. The van der Waals surface area contributed by atoms with Gasteiger partial charge in [-0.25, -0.2) is 4.68 Å². The predicted octanol–water partition coefficient (Wildman–Crippen LogP) is 3.54. The second kappa shape index (κ2) is 8.20. The molecule has 1 aromatic rings. The summed E-state index contributed by atoms with van der Waals surface area (Å²) in [6.45, 7) is 7.69. The molecule has 0 aliphatic carbocycles. The molecule has 0 bridgehead atoms. The van der Waals surface area contributed by atoms with Gasteiger partial charge in [-0.1, -0.05) is 51.6 Å². The van der Waals surface area contributed by atoms with Gasteiger partial charge in [-0.3, -0.25) is 4.79 Å². The van der Waals surface area contributed by atoms with Crippen molar-refractivity contribution >= 4 is 17.3 Å². The molecule has 0 unspecified atom stereocenters. The third-order valence-corrected chi connectivity index (χ3v) is 3.23. The quantitative estimate of drug-likeness (QED) is 0.743. The first-order valence-corrected chi connectivity index (χ1v) is 7.43. The molecule has 5 heteroatoms. The zero-order valence-electron chi connectivity index (χ0n) is 12.1. The lowest BCUT2D eigenvalue weighted by molar-refractivity contribution is 0.464. The second-order valence-corrected chi connectivity index (χ2v) is 5.62. The van der Waals surface area contributed by atoms with E-state index in [0.29, 0.717) is 18.2 Å². The van der Waals surface area contributed by atoms with E-state index in [4.69, 9.17) is 11.6 Å². The minimum absolute atomic E-state index is 0.214. The van der Waals surface area contributed by atoms with E-state index in [1.165, 1.54) is 23.9 Å². The molecule has 1 heterocycles. The predicted molar refractivity (Wildman–Crippen MR) is 81.0 cm³/mol. The number of unbranched alkanes of at least 4 members (excludes halogenated alkanes) is 3.